The molecule has 0 bridgehead atoms. The summed E-state index contributed by atoms with van der Waals surface area (Å²) in [6, 6.07) is 3.89. The monoisotopic (exact) mass is 307 g/mol. The smallest absolute Gasteiger partial charge is 0.313 e. The van der Waals surface area contributed by atoms with Gasteiger partial charge in [-0.3, -0.25) is 9.59 Å². The Bertz CT molecular complexity index is 533. The molecule has 0 aliphatic carbocycles. The van der Waals surface area contributed by atoms with Crippen molar-refractivity contribution in [3.8, 4) is 0 Å². The number of rotatable bonds is 5. The van der Waals surface area contributed by atoms with E-state index in [0.29, 0.717) is 12.2 Å². The molecule has 1 unspecified atom stereocenters. The number of aliphatic hydroxyl groups is 1. The largest absolute Gasteiger partial charge is 0.390 e. The molecule has 0 radical (unpaired) electrons. The molecule has 2 amide bonds. The number of carbonyl (C=O) groups excluding carboxylic acids is 2. The van der Waals surface area contributed by atoms with E-state index in [9.17, 15) is 14.7 Å². The van der Waals surface area contributed by atoms with Crippen LogP contribution in [0.3, 0.4) is 0 Å². The molecule has 0 saturated heterocycles. The number of aliphatic hydroxyl groups excluding tert-OH is 1. The summed E-state index contributed by atoms with van der Waals surface area (Å²) >= 11 is 0. The summed E-state index contributed by atoms with van der Waals surface area (Å²) in [6.45, 7) is 6.20. The van der Waals surface area contributed by atoms with Crippen LogP contribution in [0.5, 0.6) is 0 Å². The quantitative estimate of drug-likeness (QED) is 0.695. The molecule has 6 heteroatoms. The number of amides is 2. The van der Waals surface area contributed by atoms with Crippen LogP contribution in [0.15, 0.2) is 12.1 Å². The van der Waals surface area contributed by atoms with Crippen molar-refractivity contribution in [3.05, 3.63) is 28.8 Å². The maximum Gasteiger partial charge on any atom is 0.313 e. The SMILES string of the molecule is Cc1cc(C)c(NC(=O)C(=O)NCC(O)CN(C)C)c(C)c1. The lowest BCUT2D eigenvalue weighted by Gasteiger charge is -2.16. The Morgan fingerprint density at radius 3 is 2.18 bits per heavy atom. The number of likely N-dealkylation sites (N-methyl/N-ethyl adjacent to an activating group) is 1. The highest BCUT2D eigenvalue weighted by molar-refractivity contribution is 6.39. The van der Waals surface area contributed by atoms with Crippen molar-refractivity contribution in [1.82, 2.24) is 10.2 Å². The van der Waals surface area contributed by atoms with E-state index in [1.54, 1.807) is 4.90 Å². The first-order valence-electron chi connectivity index (χ1n) is 7.20. The maximum atomic E-state index is 11.9. The Labute approximate surface area is 131 Å². The van der Waals surface area contributed by atoms with Crippen molar-refractivity contribution in [2.75, 3.05) is 32.5 Å². The Balaban J connectivity index is 2.60. The van der Waals surface area contributed by atoms with E-state index in [-0.39, 0.29) is 6.54 Å². The maximum absolute atomic E-state index is 11.9. The fraction of sp³-hybridized carbons (Fsp3) is 0.500. The highest BCUT2D eigenvalue weighted by Gasteiger charge is 2.17. The van der Waals surface area contributed by atoms with Crippen molar-refractivity contribution in [1.29, 1.82) is 0 Å². The molecule has 1 aromatic rings. The fourth-order valence-electron chi connectivity index (χ4n) is 2.32. The van der Waals surface area contributed by atoms with Gasteiger partial charge in [-0.25, -0.2) is 0 Å². The molecule has 0 aromatic heterocycles. The molecule has 3 N–H and O–H groups in total. The van der Waals surface area contributed by atoms with E-state index < -0.39 is 17.9 Å². The molecular formula is C16H25N3O3. The van der Waals surface area contributed by atoms with Gasteiger partial charge in [-0.1, -0.05) is 17.7 Å². The normalized spacial score (nSPS) is 12.1. The highest BCUT2D eigenvalue weighted by Crippen LogP contribution is 2.21. The van der Waals surface area contributed by atoms with Crippen molar-refractivity contribution in [3.63, 3.8) is 0 Å². The molecule has 0 aliphatic heterocycles. The van der Waals surface area contributed by atoms with Crippen LogP contribution < -0.4 is 10.6 Å². The molecule has 22 heavy (non-hydrogen) atoms. The highest BCUT2D eigenvalue weighted by atomic mass is 16.3. The standard InChI is InChI=1S/C16H25N3O3/c1-10-6-11(2)14(12(3)7-10)18-16(22)15(21)17-8-13(20)9-19(4)5/h6-7,13,20H,8-9H2,1-5H3,(H,17,21)(H,18,22). The summed E-state index contributed by atoms with van der Waals surface area (Å²) in [5, 5.41) is 14.7. The lowest BCUT2D eigenvalue weighted by Crippen LogP contribution is -2.42. The number of nitrogens with zero attached hydrogens (tertiary/aromatic N) is 1. The van der Waals surface area contributed by atoms with E-state index in [0.717, 1.165) is 16.7 Å². The minimum absolute atomic E-state index is 0.0380. The number of hydrogen-bond donors (Lipinski definition) is 3. The van der Waals surface area contributed by atoms with Crippen LogP contribution in [-0.4, -0.2) is 55.1 Å². The van der Waals surface area contributed by atoms with Gasteiger partial charge in [0.1, 0.15) is 0 Å². The third-order valence-corrected chi connectivity index (χ3v) is 3.20. The molecule has 0 spiro atoms. The second-order valence-electron chi connectivity index (χ2n) is 5.85. The van der Waals surface area contributed by atoms with Crippen LogP contribution in [0, 0.1) is 20.8 Å². The van der Waals surface area contributed by atoms with Crippen LogP contribution in [0.25, 0.3) is 0 Å². The van der Waals surface area contributed by atoms with Gasteiger partial charge < -0.3 is 20.6 Å². The first-order chi connectivity index (χ1) is 10.2. The van der Waals surface area contributed by atoms with Crippen LogP contribution in [0.4, 0.5) is 5.69 Å². The first kappa shape index (κ1) is 18.1. The Kier molecular flexibility index (Phi) is 6.52. The van der Waals surface area contributed by atoms with Gasteiger partial charge in [0.2, 0.25) is 0 Å². The van der Waals surface area contributed by atoms with Gasteiger partial charge in [0.05, 0.1) is 6.10 Å². The lowest BCUT2D eigenvalue weighted by molar-refractivity contribution is -0.136. The predicted octanol–water partition coefficient (Wildman–Crippen LogP) is 0.589. The second kappa shape index (κ2) is 7.91. The van der Waals surface area contributed by atoms with Crippen molar-refractivity contribution >= 4 is 17.5 Å². The molecule has 6 nitrogen and oxygen atoms in total. The number of anilines is 1. The Morgan fingerprint density at radius 1 is 1.14 bits per heavy atom. The van der Waals surface area contributed by atoms with Crippen molar-refractivity contribution in [2.24, 2.45) is 0 Å². The summed E-state index contributed by atoms with van der Waals surface area (Å²) in [5.41, 5.74) is 3.57. The lowest BCUT2D eigenvalue weighted by atomic mass is 10.1. The predicted molar refractivity (Wildman–Crippen MR) is 86.9 cm³/mol. The molecule has 0 heterocycles. The van der Waals surface area contributed by atoms with Gasteiger partial charge in [0.25, 0.3) is 0 Å². The van der Waals surface area contributed by atoms with E-state index in [4.69, 9.17) is 0 Å². The van der Waals surface area contributed by atoms with Crippen LogP contribution in [-0.2, 0) is 9.59 Å². The van der Waals surface area contributed by atoms with Gasteiger partial charge in [0, 0.05) is 18.8 Å². The molecule has 0 saturated carbocycles. The third-order valence-electron chi connectivity index (χ3n) is 3.20. The Morgan fingerprint density at radius 2 is 1.68 bits per heavy atom. The molecule has 0 aliphatic rings. The number of hydrogen-bond acceptors (Lipinski definition) is 4. The van der Waals surface area contributed by atoms with Gasteiger partial charge in [-0.05, 0) is 46.0 Å². The zero-order chi connectivity index (χ0) is 16.9. The average molecular weight is 307 g/mol. The van der Waals surface area contributed by atoms with Gasteiger partial charge in [-0.15, -0.1) is 0 Å². The minimum Gasteiger partial charge on any atom is -0.390 e. The summed E-state index contributed by atoms with van der Waals surface area (Å²) in [4.78, 5) is 25.5. The zero-order valence-electron chi connectivity index (χ0n) is 13.9. The molecular weight excluding hydrogens is 282 g/mol. The molecule has 1 aromatic carbocycles. The van der Waals surface area contributed by atoms with E-state index in [1.165, 1.54) is 0 Å². The number of carbonyl (C=O) groups is 2. The summed E-state index contributed by atoms with van der Waals surface area (Å²) in [5.74, 6) is -1.48. The molecule has 0 fully saturated rings. The van der Waals surface area contributed by atoms with E-state index in [2.05, 4.69) is 10.6 Å². The number of nitrogens with one attached hydrogen (secondary N) is 2. The van der Waals surface area contributed by atoms with E-state index in [1.807, 2.05) is 47.0 Å². The van der Waals surface area contributed by atoms with Crippen LogP contribution in [0.1, 0.15) is 16.7 Å². The minimum atomic E-state index is -0.753. The topological polar surface area (TPSA) is 81.7 Å². The summed E-state index contributed by atoms with van der Waals surface area (Å²) in [6.07, 6.45) is -0.713. The number of benzene rings is 1. The van der Waals surface area contributed by atoms with Gasteiger partial charge in [-0.2, -0.15) is 0 Å². The average Bonchev–Trinajstić information content (AvgIpc) is 2.39. The zero-order valence-corrected chi connectivity index (χ0v) is 13.9. The van der Waals surface area contributed by atoms with E-state index >= 15 is 0 Å². The molecule has 1 rings (SSSR count). The summed E-state index contributed by atoms with van der Waals surface area (Å²) in [7, 11) is 3.64. The van der Waals surface area contributed by atoms with Crippen molar-refractivity contribution in [2.45, 2.75) is 26.9 Å². The van der Waals surface area contributed by atoms with Crippen LogP contribution in [0.2, 0.25) is 0 Å². The number of aryl methyl sites for hydroxylation is 3. The Hall–Kier alpha value is -1.92. The van der Waals surface area contributed by atoms with Crippen LogP contribution >= 0.6 is 0 Å². The summed E-state index contributed by atoms with van der Waals surface area (Å²) < 4.78 is 0. The van der Waals surface area contributed by atoms with Crippen molar-refractivity contribution < 1.29 is 14.7 Å². The van der Waals surface area contributed by atoms with Gasteiger partial charge >= 0.3 is 11.8 Å². The third kappa shape index (κ3) is 5.46. The fourth-order valence-corrected chi connectivity index (χ4v) is 2.32. The second-order valence-corrected chi connectivity index (χ2v) is 5.85. The molecule has 1 atom stereocenters. The first-order valence-corrected chi connectivity index (χ1v) is 7.20. The van der Waals surface area contributed by atoms with Gasteiger partial charge in [0.15, 0.2) is 0 Å². The molecule has 122 valence electrons.